The van der Waals surface area contributed by atoms with E-state index in [4.69, 9.17) is 15.7 Å². The molecule has 5 rings (SSSR count). The summed E-state index contributed by atoms with van der Waals surface area (Å²) in [5.41, 5.74) is 5.35. The Kier molecular flexibility index (Phi) is 11.1. The van der Waals surface area contributed by atoms with Crippen molar-refractivity contribution >= 4 is 104 Å². The van der Waals surface area contributed by atoms with Gasteiger partial charge in [0, 0.05) is 39.7 Å². The summed E-state index contributed by atoms with van der Waals surface area (Å²) in [6.45, 7) is 1.17. The third-order valence-electron chi connectivity index (χ3n) is 7.11. The number of ether oxygens (including phenoxy) is 1. The molecule has 20 nitrogen and oxygen atoms in total. The summed E-state index contributed by atoms with van der Waals surface area (Å²) in [7, 11) is -13.4. The largest absolute Gasteiger partial charge is 0.494 e. The van der Waals surface area contributed by atoms with E-state index in [0.717, 1.165) is 24.3 Å². The molecule has 0 aliphatic heterocycles. The number of amides is 1. The number of nitrogens with two attached hydrogens (primary N) is 1. The average Bonchev–Trinajstić information content (AvgIpc) is 3.07. The Labute approximate surface area is 303 Å². The van der Waals surface area contributed by atoms with E-state index in [1.807, 2.05) is 0 Å². The molecule has 24 heteroatoms. The van der Waals surface area contributed by atoms with Crippen molar-refractivity contribution < 1.29 is 63.1 Å². The SMILES string of the molecule is COc1cc(N=Nc2cc3c(S(=O)(=O)O)cc(SOOO)cc3cc2S(=O)(=O)O)c(NC(C)=O)cc1N=Nc1ccc(N)c2c(S(=O)(=O)O)cccc12. The van der Waals surface area contributed by atoms with Gasteiger partial charge in [0.05, 0.1) is 30.5 Å². The highest BCUT2D eigenvalue weighted by molar-refractivity contribution is 7.94. The van der Waals surface area contributed by atoms with Gasteiger partial charge in [0.1, 0.15) is 37.5 Å². The predicted molar refractivity (Wildman–Crippen MR) is 188 cm³/mol. The topological polar surface area (TPSA) is 316 Å². The van der Waals surface area contributed by atoms with Crippen LogP contribution in [0.25, 0.3) is 21.5 Å². The zero-order chi connectivity index (χ0) is 38.9. The zero-order valence-electron chi connectivity index (χ0n) is 26.7. The summed E-state index contributed by atoms with van der Waals surface area (Å²) in [5, 5.41) is 30.6. The van der Waals surface area contributed by atoms with Crippen LogP contribution in [0.5, 0.6) is 5.75 Å². The summed E-state index contributed by atoms with van der Waals surface area (Å²) in [6.07, 6.45) is 0. The number of carbonyl (C=O) groups is 1. The number of nitrogen functional groups attached to an aromatic ring is 1. The number of nitrogens with zero attached hydrogens (tertiary/aromatic N) is 4. The first-order valence-corrected chi connectivity index (χ1v) is 19.2. The Hall–Kier alpha value is -5.15. The number of azo groups is 2. The highest BCUT2D eigenvalue weighted by Crippen LogP contribution is 2.42. The van der Waals surface area contributed by atoms with E-state index < -0.39 is 56.6 Å². The standard InChI is InChI=1S/C29H24N6O14S4/c1-14(36)31-21-12-23(34-32-20-7-6-19(30)29-17(20)4-3-5-26(29)51(38,39)40)25(47-2)13-22(21)33-35-24-11-18-15(9-28(24)53(44,45)46)8-16(50-49-48-37)10-27(18)52(41,42)43/h3-13,37H,30H2,1-2H3,(H,31,36)(H,38,39,40)(H,41,42,43)(H,44,45,46). The van der Waals surface area contributed by atoms with Gasteiger partial charge in [0.25, 0.3) is 30.4 Å². The van der Waals surface area contributed by atoms with E-state index in [9.17, 15) is 43.7 Å². The normalized spacial score (nSPS) is 12.6. The van der Waals surface area contributed by atoms with Gasteiger partial charge in [0.2, 0.25) is 5.91 Å². The average molecular weight is 809 g/mol. The molecule has 0 radical (unpaired) electrons. The van der Waals surface area contributed by atoms with Crippen molar-refractivity contribution in [3.63, 3.8) is 0 Å². The summed E-state index contributed by atoms with van der Waals surface area (Å²) in [4.78, 5) is 10.0. The van der Waals surface area contributed by atoms with E-state index in [2.05, 4.69) is 35.1 Å². The van der Waals surface area contributed by atoms with Gasteiger partial charge in [-0.05, 0) is 53.9 Å². The lowest BCUT2D eigenvalue weighted by atomic mass is 10.1. The molecule has 0 aliphatic carbocycles. The Morgan fingerprint density at radius 2 is 1.38 bits per heavy atom. The Morgan fingerprint density at radius 1 is 0.736 bits per heavy atom. The van der Waals surface area contributed by atoms with E-state index in [1.165, 1.54) is 56.5 Å². The molecule has 0 heterocycles. The molecule has 0 unspecified atom stereocenters. The van der Waals surface area contributed by atoms with Gasteiger partial charge in [-0.2, -0.15) is 25.3 Å². The van der Waals surface area contributed by atoms with Crippen molar-refractivity contribution in [2.75, 3.05) is 18.2 Å². The molecule has 5 aromatic carbocycles. The van der Waals surface area contributed by atoms with Crippen molar-refractivity contribution in [2.45, 2.75) is 26.5 Å². The van der Waals surface area contributed by atoms with Crippen LogP contribution >= 0.6 is 12.0 Å². The van der Waals surface area contributed by atoms with Gasteiger partial charge in [-0.25, -0.2) is 5.26 Å². The molecule has 0 atom stereocenters. The third kappa shape index (κ3) is 8.74. The number of nitrogens with one attached hydrogen (secondary N) is 1. The van der Waals surface area contributed by atoms with Gasteiger partial charge < -0.3 is 15.8 Å². The van der Waals surface area contributed by atoms with Crippen LogP contribution in [0, 0.1) is 0 Å². The van der Waals surface area contributed by atoms with Gasteiger partial charge in [-0.3, -0.25) is 18.5 Å². The second-order valence-electron chi connectivity index (χ2n) is 10.6. The molecule has 5 aromatic rings. The molecule has 7 N–H and O–H groups in total. The van der Waals surface area contributed by atoms with E-state index in [0.29, 0.717) is 12.0 Å². The molecular formula is C29H24N6O14S4. The minimum atomic E-state index is -5.06. The lowest BCUT2D eigenvalue weighted by Gasteiger charge is -2.12. The molecule has 0 saturated carbocycles. The van der Waals surface area contributed by atoms with Gasteiger partial charge >= 0.3 is 0 Å². The summed E-state index contributed by atoms with van der Waals surface area (Å²) in [6, 6.07) is 13.2. The number of benzene rings is 5. The molecule has 0 spiro atoms. The van der Waals surface area contributed by atoms with Crippen LogP contribution in [0.1, 0.15) is 6.92 Å². The first kappa shape index (κ1) is 39.1. The maximum atomic E-state index is 12.4. The molecule has 0 aromatic heterocycles. The first-order chi connectivity index (χ1) is 24.8. The van der Waals surface area contributed by atoms with Crippen molar-refractivity contribution in [1.82, 2.24) is 0 Å². The van der Waals surface area contributed by atoms with Crippen LogP contribution in [-0.2, 0) is 44.5 Å². The molecular weight excluding hydrogens is 785 g/mol. The summed E-state index contributed by atoms with van der Waals surface area (Å²) in [5.74, 6) is -0.611. The van der Waals surface area contributed by atoms with Gasteiger partial charge in [-0.1, -0.05) is 17.2 Å². The van der Waals surface area contributed by atoms with Crippen LogP contribution in [0.2, 0.25) is 0 Å². The van der Waals surface area contributed by atoms with Gasteiger partial charge in [0.15, 0.2) is 0 Å². The quantitative estimate of drug-likeness (QED) is 0.0194. The number of carbonyl (C=O) groups excluding carboxylic acids is 1. The third-order valence-corrected chi connectivity index (χ3v) is 10.3. The van der Waals surface area contributed by atoms with Crippen LogP contribution in [0.3, 0.4) is 0 Å². The first-order valence-electron chi connectivity index (χ1n) is 14.1. The number of hydrogen-bond donors (Lipinski definition) is 6. The molecule has 1 amide bonds. The van der Waals surface area contributed by atoms with Crippen molar-refractivity contribution in [2.24, 2.45) is 20.5 Å². The molecule has 53 heavy (non-hydrogen) atoms. The molecule has 0 saturated heterocycles. The van der Waals surface area contributed by atoms with Crippen LogP contribution in [-0.4, -0.2) is 57.2 Å². The monoisotopic (exact) mass is 808 g/mol. The number of rotatable bonds is 12. The molecule has 0 aliphatic rings. The lowest BCUT2D eigenvalue weighted by molar-refractivity contribution is -0.432. The smallest absolute Gasteiger partial charge is 0.296 e. The van der Waals surface area contributed by atoms with Gasteiger partial charge in [-0.15, -0.1) is 24.8 Å². The van der Waals surface area contributed by atoms with E-state index >= 15 is 0 Å². The fourth-order valence-corrected chi connectivity index (χ4v) is 7.62. The van der Waals surface area contributed by atoms with E-state index in [-0.39, 0.29) is 60.6 Å². The number of methoxy groups -OCH3 is 1. The van der Waals surface area contributed by atoms with Crippen LogP contribution in [0.15, 0.2) is 107 Å². The van der Waals surface area contributed by atoms with E-state index in [1.54, 1.807) is 0 Å². The fraction of sp³-hybridized carbons (Fsp3) is 0.0690. The maximum absolute atomic E-state index is 12.4. The molecule has 0 fully saturated rings. The van der Waals surface area contributed by atoms with Crippen molar-refractivity contribution in [3.05, 3.63) is 66.7 Å². The minimum Gasteiger partial charge on any atom is -0.494 e. The molecule has 278 valence electrons. The van der Waals surface area contributed by atoms with Crippen LogP contribution in [0.4, 0.5) is 34.1 Å². The van der Waals surface area contributed by atoms with Crippen molar-refractivity contribution in [1.29, 1.82) is 0 Å². The Balaban J connectivity index is 1.65. The van der Waals surface area contributed by atoms with Crippen LogP contribution < -0.4 is 15.8 Å². The summed E-state index contributed by atoms with van der Waals surface area (Å²) >= 11 is 0.307. The number of fused-ring (bicyclic) bond motifs is 2. The predicted octanol–water partition coefficient (Wildman–Crippen LogP) is 6.54. The Bertz CT molecular complexity index is 2710. The Morgan fingerprint density at radius 3 is 2.00 bits per heavy atom. The second kappa shape index (κ2) is 15.1. The highest BCUT2D eigenvalue weighted by atomic mass is 32.2. The zero-order valence-corrected chi connectivity index (χ0v) is 30.0. The fourth-order valence-electron chi connectivity index (χ4n) is 4.99. The highest BCUT2D eigenvalue weighted by Gasteiger charge is 2.23. The summed E-state index contributed by atoms with van der Waals surface area (Å²) < 4.78 is 113. The minimum absolute atomic E-state index is 0.000542. The molecule has 0 bridgehead atoms. The number of anilines is 2. The number of hydrogen-bond acceptors (Lipinski definition) is 17. The maximum Gasteiger partial charge on any atom is 0.296 e. The van der Waals surface area contributed by atoms with Crippen molar-refractivity contribution in [3.8, 4) is 5.75 Å². The lowest BCUT2D eigenvalue weighted by Crippen LogP contribution is -2.06. The second-order valence-corrected chi connectivity index (χ2v) is 15.5.